The Morgan fingerprint density at radius 2 is 2.12 bits per heavy atom. The summed E-state index contributed by atoms with van der Waals surface area (Å²) in [5, 5.41) is 5.23. The first kappa shape index (κ1) is 12.1. The average molecular weight is 251 g/mol. The highest BCUT2D eigenvalue weighted by molar-refractivity contribution is 7.99. The maximum atomic E-state index is 13.3. The van der Waals surface area contributed by atoms with Crippen molar-refractivity contribution >= 4 is 11.8 Å². The molecule has 0 unspecified atom stereocenters. The predicted octanol–water partition coefficient (Wildman–Crippen LogP) is 2.48. The molecule has 1 aromatic heterocycles. The minimum absolute atomic E-state index is 0.255. The van der Waals surface area contributed by atoms with Crippen molar-refractivity contribution in [3.05, 3.63) is 41.3 Å². The van der Waals surface area contributed by atoms with Gasteiger partial charge in [0.25, 0.3) is 0 Å². The molecule has 0 bridgehead atoms. The minimum atomic E-state index is -0.255. The van der Waals surface area contributed by atoms with Crippen LogP contribution in [0.2, 0.25) is 0 Å². The molecule has 17 heavy (non-hydrogen) atoms. The van der Waals surface area contributed by atoms with Crippen LogP contribution >= 0.6 is 11.8 Å². The maximum Gasteiger partial charge on any atom is 0.124 e. The Morgan fingerprint density at radius 1 is 1.35 bits per heavy atom. The van der Waals surface area contributed by atoms with Crippen LogP contribution in [0.15, 0.2) is 34.2 Å². The van der Waals surface area contributed by atoms with E-state index in [0.29, 0.717) is 6.54 Å². The number of benzene rings is 1. The van der Waals surface area contributed by atoms with Gasteiger partial charge in [0.15, 0.2) is 0 Å². The summed E-state index contributed by atoms with van der Waals surface area (Å²) in [6.45, 7) is 2.27. The molecule has 90 valence electrons. The van der Waals surface area contributed by atoms with E-state index < -0.39 is 0 Å². The zero-order valence-electron chi connectivity index (χ0n) is 9.77. The second-order valence-corrected chi connectivity index (χ2v) is 4.94. The summed E-state index contributed by atoms with van der Waals surface area (Å²) in [7, 11) is 1.87. The van der Waals surface area contributed by atoms with Gasteiger partial charge in [0, 0.05) is 18.5 Å². The first-order valence-electron chi connectivity index (χ1n) is 5.26. The molecule has 0 spiro atoms. The van der Waals surface area contributed by atoms with E-state index in [0.717, 1.165) is 21.2 Å². The van der Waals surface area contributed by atoms with Crippen molar-refractivity contribution in [2.24, 2.45) is 12.8 Å². The van der Waals surface area contributed by atoms with Crippen LogP contribution in [-0.4, -0.2) is 9.78 Å². The van der Waals surface area contributed by atoms with E-state index in [-0.39, 0.29) is 5.82 Å². The molecule has 3 nitrogen and oxygen atoms in total. The molecule has 0 aliphatic carbocycles. The van der Waals surface area contributed by atoms with E-state index in [4.69, 9.17) is 5.73 Å². The molecule has 0 fully saturated rings. The van der Waals surface area contributed by atoms with Crippen LogP contribution in [0, 0.1) is 12.7 Å². The number of aromatic nitrogens is 2. The number of rotatable bonds is 3. The molecule has 5 heteroatoms. The van der Waals surface area contributed by atoms with E-state index in [1.54, 1.807) is 4.68 Å². The van der Waals surface area contributed by atoms with Gasteiger partial charge in [-0.15, -0.1) is 0 Å². The largest absolute Gasteiger partial charge is 0.326 e. The zero-order chi connectivity index (χ0) is 12.4. The van der Waals surface area contributed by atoms with Crippen LogP contribution in [0.25, 0.3) is 0 Å². The lowest BCUT2D eigenvalue weighted by atomic mass is 10.2. The van der Waals surface area contributed by atoms with Crippen LogP contribution in [0.4, 0.5) is 4.39 Å². The maximum absolute atomic E-state index is 13.3. The van der Waals surface area contributed by atoms with Crippen LogP contribution in [-0.2, 0) is 13.6 Å². The van der Waals surface area contributed by atoms with E-state index in [2.05, 4.69) is 5.10 Å². The molecule has 0 saturated carbocycles. The smallest absolute Gasteiger partial charge is 0.124 e. The van der Waals surface area contributed by atoms with Gasteiger partial charge in [-0.05, 0) is 36.8 Å². The third kappa shape index (κ3) is 2.87. The Kier molecular flexibility index (Phi) is 3.49. The van der Waals surface area contributed by atoms with Crippen molar-refractivity contribution < 1.29 is 4.39 Å². The average Bonchev–Trinajstić information content (AvgIpc) is 2.56. The summed E-state index contributed by atoms with van der Waals surface area (Å²) < 4.78 is 15.1. The van der Waals surface area contributed by atoms with E-state index >= 15 is 0 Å². The molecule has 0 saturated heterocycles. The fourth-order valence-electron chi connectivity index (χ4n) is 1.60. The Hall–Kier alpha value is -1.33. The summed E-state index contributed by atoms with van der Waals surface area (Å²) in [5.41, 5.74) is 7.27. The Labute approximate surface area is 104 Å². The van der Waals surface area contributed by atoms with Gasteiger partial charge in [-0.3, -0.25) is 4.68 Å². The van der Waals surface area contributed by atoms with Crippen LogP contribution in [0.3, 0.4) is 0 Å². The van der Waals surface area contributed by atoms with Crippen molar-refractivity contribution in [2.75, 3.05) is 0 Å². The predicted molar refractivity (Wildman–Crippen MR) is 66.4 cm³/mol. The zero-order valence-corrected chi connectivity index (χ0v) is 10.6. The first-order chi connectivity index (χ1) is 8.08. The first-order valence-corrected chi connectivity index (χ1v) is 6.08. The molecule has 1 aromatic carbocycles. The quantitative estimate of drug-likeness (QED) is 0.911. The molecule has 2 N–H and O–H groups in total. The summed E-state index contributed by atoms with van der Waals surface area (Å²) in [5.74, 6) is -0.255. The fourth-order valence-corrected chi connectivity index (χ4v) is 2.63. The molecule has 0 atom stereocenters. The number of nitrogens with two attached hydrogens (primary N) is 1. The molecular weight excluding hydrogens is 237 g/mol. The van der Waals surface area contributed by atoms with E-state index in [1.165, 1.54) is 23.9 Å². The van der Waals surface area contributed by atoms with Crippen LogP contribution in [0.1, 0.15) is 11.3 Å². The molecule has 2 rings (SSSR count). The Morgan fingerprint density at radius 3 is 2.71 bits per heavy atom. The second kappa shape index (κ2) is 4.89. The summed E-state index contributed by atoms with van der Waals surface area (Å²) in [6.07, 6.45) is 0. The van der Waals surface area contributed by atoms with Crippen LogP contribution in [0.5, 0.6) is 0 Å². The molecule has 0 radical (unpaired) electrons. The van der Waals surface area contributed by atoms with Gasteiger partial charge in [-0.2, -0.15) is 5.10 Å². The number of halogens is 1. The van der Waals surface area contributed by atoms with Gasteiger partial charge >= 0.3 is 0 Å². The summed E-state index contributed by atoms with van der Waals surface area (Å²) in [4.78, 5) is 0.841. The van der Waals surface area contributed by atoms with Gasteiger partial charge < -0.3 is 5.73 Å². The summed E-state index contributed by atoms with van der Waals surface area (Å²) >= 11 is 1.48. The fraction of sp³-hybridized carbons (Fsp3) is 0.250. The lowest BCUT2D eigenvalue weighted by molar-refractivity contribution is 0.621. The lowest BCUT2D eigenvalue weighted by Gasteiger charge is -2.04. The summed E-state index contributed by atoms with van der Waals surface area (Å²) in [6, 6.07) is 6.83. The molecule has 0 aliphatic heterocycles. The topological polar surface area (TPSA) is 43.8 Å². The van der Waals surface area contributed by atoms with Crippen LogP contribution < -0.4 is 5.73 Å². The highest BCUT2D eigenvalue weighted by atomic mass is 32.2. The van der Waals surface area contributed by atoms with Crippen molar-refractivity contribution in [1.82, 2.24) is 9.78 Å². The number of nitrogens with zero attached hydrogens (tertiary/aromatic N) is 2. The molecule has 2 aromatic rings. The number of hydrogen-bond acceptors (Lipinski definition) is 3. The van der Waals surface area contributed by atoms with E-state index in [9.17, 15) is 4.39 Å². The van der Waals surface area contributed by atoms with Gasteiger partial charge in [-0.25, -0.2) is 4.39 Å². The van der Waals surface area contributed by atoms with Crippen molar-refractivity contribution in [2.45, 2.75) is 23.4 Å². The third-order valence-corrected chi connectivity index (χ3v) is 3.41. The van der Waals surface area contributed by atoms with E-state index in [1.807, 2.05) is 26.1 Å². The SMILES string of the molecule is Cc1cc(Sc2cc(F)cc(CN)c2)n(C)n1. The number of hydrogen-bond donors (Lipinski definition) is 1. The lowest BCUT2D eigenvalue weighted by Crippen LogP contribution is -1.97. The van der Waals surface area contributed by atoms with Crippen molar-refractivity contribution in [1.29, 1.82) is 0 Å². The molecule has 0 aliphatic rings. The minimum Gasteiger partial charge on any atom is -0.326 e. The monoisotopic (exact) mass is 251 g/mol. The molecule has 0 amide bonds. The van der Waals surface area contributed by atoms with Crippen molar-refractivity contribution in [3.8, 4) is 0 Å². The van der Waals surface area contributed by atoms with Gasteiger partial charge in [0.2, 0.25) is 0 Å². The number of aryl methyl sites for hydroxylation is 2. The normalized spacial score (nSPS) is 10.8. The van der Waals surface area contributed by atoms with Gasteiger partial charge in [0.1, 0.15) is 5.82 Å². The van der Waals surface area contributed by atoms with Gasteiger partial charge in [0.05, 0.1) is 10.7 Å². The third-order valence-electron chi connectivity index (χ3n) is 2.35. The Balaban J connectivity index is 2.29. The second-order valence-electron chi connectivity index (χ2n) is 3.85. The van der Waals surface area contributed by atoms with Gasteiger partial charge in [-0.1, -0.05) is 11.8 Å². The molecular formula is C12H14FN3S. The molecule has 1 heterocycles. The highest BCUT2D eigenvalue weighted by Gasteiger charge is 2.06. The Bertz CT molecular complexity index is 537. The standard InChI is InChI=1S/C12H14FN3S/c1-8-3-12(16(2)15-8)17-11-5-9(7-14)4-10(13)6-11/h3-6H,7,14H2,1-2H3. The highest BCUT2D eigenvalue weighted by Crippen LogP contribution is 2.29. The van der Waals surface area contributed by atoms with Crippen molar-refractivity contribution in [3.63, 3.8) is 0 Å².